The number of cyclic esters (lactones) is 1. The van der Waals surface area contributed by atoms with E-state index >= 15 is 0 Å². The molecule has 11 heteroatoms. The van der Waals surface area contributed by atoms with E-state index in [4.69, 9.17) is 14.2 Å². The van der Waals surface area contributed by atoms with Crippen LogP contribution in [-0.2, 0) is 35.3 Å². The number of rotatable bonds is 8. The lowest BCUT2D eigenvalue weighted by molar-refractivity contribution is -0.158. The zero-order chi connectivity index (χ0) is 30.6. The van der Waals surface area contributed by atoms with Crippen molar-refractivity contribution in [2.45, 2.75) is 66.2 Å². The summed E-state index contributed by atoms with van der Waals surface area (Å²) in [6, 6.07) is 6.49. The Kier molecular flexibility index (Phi) is 12.8. The van der Waals surface area contributed by atoms with Gasteiger partial charge < -0.3 is 35.3 Å². The summed E-state index contributed by atoms with van der Waals surface area (Å²) in [6.07, 6.45) is 2.69. The van der Waals surface area contributed by atoms with Crippen molar-refractivity contribution in [3.05, 3.63) is 42.0 Å². The van der Waals surface area contributed by atoms with E-state index in [0.717, 1.165) is 11.3 Å². The summed E-state index contributed by atoms with van der Waals surface area (Å²) in [5.74, 6) is -1.76. The number of hydrogen-bond acceptors (Lipinski definition) is 8. The smallest absolute Gasteiger partial charge is 0.328 e. The maximum atomic E-state index is 13.5. The van der Waals surface area contributed by atoms with Crippen LogP contribution in [0, 0.1) is 16.7 Å². The molecule has 2 rings (SSSR count). The van der Waals surface area contributed by atoms with E-state index in [1.54, 1.807) is 13.2 Å². The molecule has 1 aliphatic heterocycles. The minimum absolute atomic E-state index is 0.192. The van der Waals surface area contributed by atoms with E-state index < -0.39 is 47.9 Å². The summed E-state index contributed by atoms with van der Waals surface area (Å²) in [5.41, 5.74) is -0.800. The lowest BCUT2D eigenvalue weighted by Crippen LogP contribution is -2.55. The van der Waals surface area contributed by atoms with E-state index in [1.165, 1.54) is 13.0 Å². The highest BCUT2D eigenvalue weighted by Gasteiger charge is 2.38. The number of hydrogen-bond donors (Lipinski definition) is 4. The average molecular weight is 576 g/mol. The van der Waals surface area contributed by atoms with Gasteiger partial charge in [0.2, 0.25) is 17.7 Å². The third kappa shape index (κ3) is 11.5. The topological polar surface area (TPSA) is 152 Å². The summed E-state index contributed by atoms with van der Waals surface area (Å²) < 4.78 is 17.0. The lowest BCUT2D eigenvalue weighted by atomic mass is 9.86. The molecule has 1 aromatic rings. The number of ether oxygens (including phenoxy) is 3. The molecule has 0 saturated carbocycles. The van der Waals surface area contributed by atoms with Crippen molar-refractivity contribution >= 4 is 23.7 Å². The molecule has 3 unspecified atom stereocenters. The zero-order valence-corrected chi connectivity index (χ0v) is 25.0. The van der Waals surface area contributed by atoms with E-state index in [9.17, 15) is 24.3 Å². The van der Waals surface area contributed by atoms with Crippen LogP contribution < -0.4 is 20.7 Å². The first kappa shape index (κ1) is 33.8. The number of methoxy groups -OCH3 is 1. The fourth-order valence-electron chi connectivity index (χ4n) is 4.06. The van der Waals surface area contributed by atoms with Crippen molar-refractivity contribution in [3.63, 3.8) is 0 Å². The standard InChI is InChI=1S/C30H45N3O8/c1-20(16-40-17-21-10-12-22(39-6)13-11-21)24-8-7-9-25(35)31-15-26(36)32-18-30(5,19-34)28(38)33-23(27(37)41-24)14-29(2,3)4/h7,9-13,20,23-24,34H,8,14-19H2,1-6H3,(H,31,35)(H,32,36)(H,33,38)/b9-7-/t20-,23?,24?,30?/m1/s1. The van der Waals surface area contributed by atoms with Crippen molar-refractivity contribution in [2.24, 2.45) is 16.7 Å². The second kappa shape index (κ2) is 15.5. The van der Waals surface area contributed by atoms with Gasteiger partial charge in [-0.3, -0.25) is 14.4 Å². The number of amides is 3. The molecule has 0 spiro atoms. The predicted molar refractivity (Wildman–Crippen MR) is 153 cm³/mol. The molecule has 228 valence electrons. The lowest BCUT2D eigenvalue weighted by Gasteiger charge is -2.32. The van der Waals surface area contributed by atoms with Gasteiger partial charge in [-0.15, -0.1) is 0 Å². The van der Waals surface area contributed by atoms with Gasteiger partial charge in [0.25, 0.3) is 0 Å². The number of carbonyl (C=O) groups excluding carboxylic acids is 4. The van der Waals surface area contributed by atoms with Gasteiger partial charge in [0.15, 0.2) is 0 Å². The number of esters is 1. The summed E-state index contributed by atoms with van der Waals surface area (Å²) in [4.78, 5) is 51.3. The van der Waals surface area contributed by atoms with Gasteiger partial charge in [-0.1, -0.05) is 45.9 Å². The van der Waals surface area contributed by atoms with Gasteiger partial charge in [0.1, 0.15) is 17.9 Å². The molecule has 0 radical (unpaired) electrons. The summed E-state index contributed by atoms with van der Waals surface area (Å²) >= 11 is 0. The van der Waals surface area contributed by atoms with Gasteiger partial charge in [-0.25, -0.2) is 4.79 Å². The molecular formula is C30H45N3O8. The van der Waals surface area contributed by atoms with Gasteiger partial charge in [-0.2, -0.15) is 0 Å². The highest BCUT2D eigenvalue weighted by atomic mass is 16.5. The van der Waals surface area contributed by atoms with Crippen LogP contribution in [0.3, 0.4) is 0 Å². The van der Waals surface area contributed by atoms with Crippen molar-refractivity contribution in [1.82, 2.24) is 16.0 Å². The molecule has 11 nitrogen and oxygen atoms in total. The molecule has 3 amide bonds. The first-order chi connectivity index (χ1) is 19.3. The number of benzene rings is 1. The molecule has 0 bridgehead atoms. The summed E-state index contributed by atoms with van der Waals surface area (Å²) in [5, 5.41) is 17.8. The average Bonchev–Trinajstić information content (AvgIpc) is 2.92. The Labute approximate surface area is 242 Å². The second-order valence-electron chi connectivity index (χ2n) is 12.0. The largest absolute Gasteiger partial charge is 0.497 e. The van der Waals surface area contributed by atoms with Crippen LogP contribution >= 0.6 is 0 Å². The highest BCUT2D eigenvalue weighted by Crippen LogP contribution is 2.25. The molecule has 0 fully saturated rings. The van der Waals surface area contributed by atoms with Gasteiger partial charge in [-0.05, 0) is 42.5 Å². The Morgan fingerprint density at radius 2 is 1.80 bits per heavy atom. The van der Waals surface area contributed by atoms with Crippen LogP contribution in [0.4, 0.5) is 0 Å². The third-order valence-electron chi connectivity index (χ3n) is 6.75. The van der Waals surface area contributed by atoms with Crippen molar-refractivity contribution in [2.75, 3.05) is 33.4 Å². The molecule has 4 N–H and O–H groups in total. The SMILES string of the molecule is COc1ccc(COC[C@@H](C)C2C/C=C\C(=O)NCC(=O)NCC(C)(CO)C(=O)NC(CC(C)(C)C)C(=O)O2)cc1. The Bertz CT molecular complexity index is 1070. The van der Waals surface area contributed by atoms with E-state index in [-0.39, 0.29) is 43.9 Å². The molecule has 1 aromatic carbocycles. The van der Waals surface area contributed by atoms with Crippen LogP contribution in [0.2, 0.25) is 0 Å². The summed E-state index contributed by atoms with van der Waals surface area (Å²) in [7, 11) is 1.60. The Hall–Kier alpha value is -3.44. The van der Waals surface area contributed by atoms with Crippen molar-refractivity contribution in [1.29, 1.82) is 0 Å². The van der Waals surface area contributed by atoms with Crippen LogP contribution in [0.15, 0.2) is 36.4 Å². The predicted octanol–water partition coefficient (Wildman–Crippen LogP) is 1.87. The number of aliphatic hydroxyl groups is 1. The molecule has 0 aliphatic carbocycles. The van der Waals surface area contributed by atoms with Gasteiger partial charge in [0, 0.05) is 18.9 Å². The highest BCUT2D eigenvalue weighted by molar-refractivity contribution is 5.92. The molecule has 1 aliphatic rings. The molecule has 41 heavy (non-hydrogen) atoms. The molecule has 0 saturated heterocycles. The fourth-order valence-corrected chi connectivity index (χ4v) is 4.06. The number of nitrogens with one attached hydrogen (secondary N) is 3. The minimum atomic E-state index is -1.41. The first-order valence-corrected chi connectivity index (χ1v) is 13.8. The van der Waals surface area contributed by atoms with Crippen molar-refractivity contribution in [3.8, 4) is 5.75 Å². The minimum Gasteiger partial charge on any atom is -0.497 e. The van der Waals surface area contributed by atoms with Crippen LogP contribution in [0.25, 0.3) is 0 Å². The van der Waals surface area contributed by atoms with Crippen LogP contribution in [-0.4, -0.2) is 74.4 Å². The van der Waals surface area contributed by atoms with Gasteiger partial charge >= 0.3 is 5.97 Å². The number of carbonyl (C=O) groups is 4. The molecular weight excluding hydrogens is 530 g/mol. The summed E-state index contributed by atoms with van der Waals surface area (Å²) in [6.45, 7) is 8.72. The normalized spacial score (nSPS) is 24.9. The maximum absolute atomic E-state index is 13.5. The zero-order valence-electron chi connectivity index (χ0n) is 25.0. The molecule has 0 aromatic heterocycles. The Morgan fingerprint density at radius 3 is 2.41 bits per heavy atom. The Morgan fingerprint density at radius 1 is 1.12 bits per heavy atom. The van der Waals surface area contributed by atoms with E-state index in [0.29, 0.717) is 6.61 Å². The second-order valence-corrected chi connectivity index (χ2v) is 12.0. The third-order valence-corrected chi connectivity index (χ3v) is 6.75. The maximum Gasteiger partial charge on any atom is 0.328 e. The molecule has 4 atom stereocenters. The van der Waals surface area contributed by atoms with Crippen LogP contribution in [0.5, 0.6) is 5.75 Å². The van der Waals surface area contributed by atoms with Crippen molar-refractivity contribution < 1.29 is 38.5 Å². The first-order valence-electron chi connectivity index (χ1n) is 13.8. The molecule has 1 heterocycles. The van der Waals surface area contributed by atoms with Gasteiger partial charge in [0.05, 0.1) is 38.9 Å². The monoisotopic (exact) mass is 575 g/mol. The quantitative estimate of drug-likeness (QED) is 0.343. The fraction of sp³-hybridized carbons (Fsp3) is 0.600. The van der Waals surface area contributed by atoms with E-state index in [1.807, 2.05) is 52.0 Å². The van der Waals surface area contributed by atoms with E-state index in [2.05, 4.69) is 16.0 Å². The van der Waals surface area contributed by atoms with Crippen LogP contribution in [0.1, 0.15) is 53.0 Å². The Balaban J connectivity index is 2.26. The number of aliphatic hydroxyl groups excluding tert-OH is 1.